The smallest absolute Gasteiger partial charge is 0.319 e. The van der Waals surface area contributed by atoms with E-state index in [2.05, 4.69) is 12.8 Å². The lowest BCUT2D eigenvalue weighted by atomic mass is 10.1. The molecule has 168 valence electrons. The molecule has 0 aliphatic carbocycles. The number of esters is 1. The van der Waals surface area contributed by atoms with Crippen molar-refractivity contribution >= 4 is 17.7 Å². The van der Waals surface area contributed by atoms with Crippen LogP contribution in [-0.2, 0) is 9.53 Å². The van der Waals surface area contributed by atoms with Crippen molar-refractivity contribution in [3.63, 3.8) is 0 Å². The summed E-state index contributed by atoms with van der Waals surface area (Å²) in [4.78, 5) is 13.4. The standard InChI is InChI=1S/C23H38O3S.H3NO/c1-4-6-7-8-9-10-11-12-13-14-15-22(23(24)26-5-2)27-21-18-16-20(25-3)17-19-21;1-2/h16-19,22H,4-15H2,1-3H3;2H,1H2. The first-order chi connectivity index (χ1) is 14.2. The second-order valence-corrected chi connectivity index (χ2v) is 8.28. The minimum atomic E-state index is -0.118. The first-order valence-electron chi connectivity index (χ1n) is 10.9. The summed E-state index contributed by atoms with van der Waals surface area (Å²) in [7, 11) is 1.66. The number of carbonyl (C=O) groups is 1. The molecular formula is C23H41NO4S. The Balaban J connectivity index is 0.00000379. The summed E-state index contributed by atoms with van der Waals surface area (Å²) in [6, 6.07) is 7.89. The van der Waals surface area contributed by atoms with Gasteiger partial charge in [-0.1, -0.05) is 71.1 Å². The van der Waals surface area contributed by atoms with Crippen molar-refractivity contribution in [1.29, 1.82) is 0 Å². The SMILES string of the molecule is CCCCCCCCCCCCC(Sc1ccc(OC)cc1)C(=O)OCC.NO. The Hall–Kier alpha value is -1.24. The molecule has 1 rings (SSSR count). The highest BCUT2D eigenvalue weighted by atomic mass is 32.2. The molecule has 0 fully saturated rings. The predicted octanol–water partition coefficient (Wildman–Crippen LogP) is 6.36. The molecule has 0 heterocycles. The van der Waals surface area contributed by atoms with Gasteiger partial charge in [0.05, 0.1) is 13.7 Å². The quantitative estimate of drug-likeness (QED) is 0.138. The number of thioether (sulfide) groups is 1. The molecular weight excluding hydrogens is 386 g/mol. The Morgan fingerprint density at radius 1 is 0.931 bits per heavy atom. The van der Waals surface area contributed by atoms with E-state index in [0.29, 0.717) is 6.61 Å². The Bertz CT molecular complexity index is 496. The summed E-state index contributed by atoms with van der Waals surface area (Å²) in [5, 5.41) is 6.38. The van der Waals surface area contributed by atoms with Crippen molar-refractivity contribution < 1.29 is 19.5 Å². The van der Waals surface area contributed by atoms with E-state index in [4.69, 9.17) is 14.7 Å². The van der Waals surface area contributed by atoms with Crippen LogP contribution in [0.5, 0.6) is 5.75 Å². The lowest BCUT2D eigenvalue weighted by Gasteiger charge is -2.15. The van der Waals surface area contributed by atoms with E-state index in [1.54, 1.807) is 18.9 Å². The molecule has 0 saturated carbocycles. The number of ether oxygens (including phenoxy) is 2. The zero-order chi connectivity index (χ0) is 21.7. The number of methoxy groups -OCH3 is 1. The molecule has 0 amide bonds. The molecule has 1 atom stereocenters. The Morgan fingerprint density at radius 2 is 1.45 bits per heavy atom. The van der Waals surface area contributed by atoms with Crippen molar-refractivity contribution in [1.82, 2.24) is 0 Å². The van der Waals surface area contributed by atoms with Crippen molar-refractivity contribution in [3.05, 3.63) is 24.3 Å². The van der Waals surface area contributed by atoms with E-state index in [1.807, 2.05) is 31.2 Å². The Labute approximate surface area is 181 Å². The monoisotopic (exact) mass is 427 g/mol. The fourth-order valence-electron chi connectivity index (χ4n) is 3.10. The van der Waals surface area contributed by atoms with Crippen LogP contribution in [0.15, 0.2) is 29.2 Å². The second-order valence-electron chi connectivity index (χ2n) is 7.00. The van der Waals surface area contributed by atoms with Crippen LogP contribution in [-0.4, -0.2) is 30.1 Å². The van der Waals surface area contributed by atoms with E-state index in [9.17, 15) is 4.79 Å². The van der Waals surface area contributed by atoms with Crippen molar-refractivity contribution in [2.24, 2.45) is 5.90 Å². The molecule has 1 aromatic carbocycles. The number of hydrogen-bond donors (Lipinski definition) is 2. The van der Waals surface area contributed by atoms with Crippen molar-refractivity contribution in [2.45, 2.75) is 94.6 Å². The van der Waals surface area contributed by atoms with Crippen LogP contribution in [0.2, 0.25) is 0 Å². The molecule has 0 aromatic heterocycles. The molecule has 0 radical (unpaired) electrons. The van der Waals surface area contributed by atoms with Gasteiger partial charge in [0.25, 0.3) is 0 Å². The first kappa shape index (κ1) is 27.8. The minimum Gasteiger partial charge on any atom is -0.497 e. The summed E-state index contributed by atoms with van der Waals surface area (Å²) in [5.41, 5.74) is 0. The molecule has 5 nitrogen and oxygen atoms in total. The number of carbonyl (C=O) groups excluding carboxylic acids is 1. The zero-order valence-corrected chi connectivity index (χ0v) is 19.3. The van der Waals surface area contributed by atoms with E-state index in [1.165, 1.54) is 57.8 Å². The van der Waals surface area contributed by atoms with Crippen molar-refractivity contribution in [2.75, 3.05) is 13.7 Å². The Kier molecular flexibility index (Phi) is 19.2. The van der Waals surface area contributed by atoms with E-state index in [-0.39, 0.29) is 11.2 Å². The van der Waals surface area contributed by atoms with E-state index < -0.39 is 0 Å². The highest BCUT2D eigenvalue weighted by Crippen LogP contribution is 2.29. The highest BCUT2D eigenvalue weighted by Gasteiger charge is 2.20. The normalized spacial score (nSPS) is 11.3. The van der Waals surface area contributed by atoms with Crippen LogP contribution in [0.4, 0.5) is 0 Å². The topological polar surface area (TPSA) is 81.8 Å². The van der Waals surface area contributed by atoms with Crippen LogP contribution >= 0.6 is 11.8 Å². The van der Waals surface area contributed by atoms with Gasteiger partial charge in [0.2, 0.25) is 0 Å². The van der Waals surface area contributed by atoms with Gasteiger partial charge in [0.1, 0.15) is 11.0 Å². The molecule has 0 aliphatic heterocycles. The van der Waals surface area contributed by atoms with Gasteiger partial charge in [0, 0.05) is 4.90 Å². The molecule has 1 unspecified atom stereocenters. The number of unbranched alkanes of at least 4 members (excludes halogenated alkanes) is 9. The average molecular weight is 428 g/mol. The van der Waals surface area contributed by atoms with E-state index in [0.717, 1.165) is 23.5 Å². The summed E-state index contributed by atoms with van der Waals surface area (Å²) >= 11 is 1.61. The molecule has 6 heteroatoms. The number of rotatable bonds is 16. The van der Waals surface area contributed by atoms with Crippen LogP contribution in [0, 0.1) is 0 Å². The summed E-state index contributed by atoms with van der Waals surface area (Å²) in [6.07, 6.45) is 14.0. The maximum absolute atomic E-state index is 12.3. The average Bonchev–Trinajstić information content (AvgIpc) is 2.76. The molecule has 0 aliphatic rings. The molecule has 1 aromatic rings. The third-order valence-electron chi connectivity index (χ3n) is 4.71. The largest absolute Gasteiger partial charge is 0.497 e. The number of nitrogens with two attached hydrogens (primary N) is 1. The highest BCUT2D eigenvalue weighted by molar-refractivity contribution is 8.00. The molecule has 29 heavy (non-hydrogen) atoms. The van der Waals surface area contributed by atoms with Crippen LogP contribution in [0.25, 0.3) is 0 Å². The fourth-order valence-corrected chi connectivity index (χ4v) is 4.17. The zero-order valence-electron chi connectivity index (χ0n) is 18.5. The maximum atomic E-state index is 12.3. The fraction of sp³-hybridized carbons (Fsp3) is 0.696. The summed E-state index contributed by atoms with van der Waals surface area (Å²) in [5.74, 6) is 4.25. The van der Waals surface area contributed by atoms with Crippen LogP contribution < -0.4 is 10.6 Å². The van der Waals surface area contributed by atoms with Gasteiger partial charge in [-0.15, -0.1) is 11.8 Å². The third kappa shape index (κ3) is 14.4. The molecule has 0 spiro atoms. The van der Waals surface area contributed by atoms with Crippen molar-refractivity contribution in [3.8, 4) is 5.75 Å². The summed E-state index contributed by atoms with van der Waals surface area (Å²) in [6.45, 7) is 4.57. The third-order valence-corrected chi connectivity index (χ3v) is 5.96. The number of benzene rings is 1. The van der Waals surface area contributed by atoms with Gasteiger partial charge in [-0.3, -0.25) is 4.79 Å². The minimum absolute atomic E-state index is 0.0887. The maximum Gasteiger partial charge on any atom is 0.319 e. The van der Waals surface area contributed by atoms with Gasteiger partial charge in [0.15, 0.2) is 0 Å². The first-order valence-corrected chi connectivity index (χ1v) is 11.8. The van der Waals surface area contributed by atoms with Gasteiger partial charge in [-0.05, 0) is 37.6 Å². The second kappa shape index (κ2) is 20.0. The lowest BCUT2D eigenvalue weighted by molar-refractivity contribution is -0.142. The van der Waals surface area contributed by atoms with Gasteiger partial charge >= 0.3 is 5.97 Å². The molecule has 0 bridgehead atoms. The van der Waals surface area contributed by atoms with Crippen LogP contribution in [0.3, 0.4) is 0 Å². The van der Waals surface area contributed by atoms with E-state index >= 15 is 0 Å². The lowest BCUT2D eigenvalue weighted by Crippen LogP contribution is -2.20. The Morgan fingerprint density at radius 3 is 1.93 bits per heavy atom. The van der Waals surface area contributed by atoms with Gasteiger partial charge < -0.3 is 14.7 Å². The summed E-state index contributed by atoms with van der Waals surface area (Å²) < 4.78 is 10.5. The van der Waals surface area contributed by atoms with Crippen LogP contribution in [0.1, 0.15) is 84.5 Å². The van der Waals surface area contributed by atoms with Gasteiger partial charge in [-0.25, -0.2) is 5.90 Å². The molecule has 3 N–H and O–H groups in total. The van der Waals surface area contributed by atoms with Gasteiger partial charge in [-0.2, -0.15) is 0 Å². The number of hydrogen-bond acceptors (Lipinski definition) is 6. The predicted molar refractivity (Wildman–Crippen MR) is 122 cm³/mol. The molecule has 0 saturated heterocycles.